The molecule has 114 valence electrons. The molecule has 1 atom stereocenters. The summed E-state index contributed by atoms with van der Waals surface area (Å²) in [5.41, 5.74) is 0.917. The summed E-state index contributed by atoms with van der Waals surface area (Å²) in [6, 6.07) is 2.63. The predicted molar refractivity (Wildman–Crippen MR) is 77.0 cm³/mol. The molecule has 1 fully saturated rings. The number of aromatic carboxylic acids is 1. The molecule has 7 heteroatoms. The third-order valence-electron chi connectivity index (χ3n) is 3.83. The van der Waals surface area contributed by atoms with Crippen molar-refractivity contribution in [1.82, 2.24) is 0 Å². The molecule has 1 heterocycles. The zero-order chi connectivity index (χ0) is 15.6. The van der Waals surface area contributed by atoms with E-state index in [9.17, 15) is 14.9 Å². The molecule has 1 unspecified atom stereocenters. The van der Waals surface area contributed by atoms with Crippen LogP contribution in [0.3, 0.4) is 0 Å². The van der Waals surface area contributed by atoms with Gasteiger partial charge < -0.3 is 14.7 Å². The zero-order valence-electron chi connectivity index (χ0n) is 12.0. The smallest absolute Gasteiger partial charge is 0.336 e. The summed E-state index contributed by atoms with van der Waals surface area (Å²) in [5.74, 6) is -0.797. The first kappa shape index (κ1) is 15.2. The highest BCUT2D eigenvalue weighted by Gasteiger charge is 2.27. The van der Waals surface area contributed by atoms with Crippen molar-refractivity contribution in [3.8, 4) is 0 Å². The molecule has 7 nitrogen and oxygen atoms in total. The molecule has 1 aromatic carbocycles. The molecule has 0 bridgehead atoms. The van der Waals surface area contributed by atoms with E-state index in [4.69, 9.17) is 9.84 Å². The van der Waals surface area contributed by atoms with Crippen LogP contribution in [0.4, 0.5) is 11.4 Å². The first-order valence-electron chi connectivity index (χ1n) is 6.70. The molecule has 0 radical (unpaired) electrons. The van der Waals surface area contributed by atoms with Crippen molar-refractivity contribution in [3.05, 3.63) is 33.4 Å². The number of anilines is 1. The highest BCUT2D eigenvalue weighted by atomic mass is 16.6. The number of ether oxygens (including phenoxy) is 1. The van der Waals surface area contributed by atoms with E-state index < -0.39 is 10.9 Å². The number of hydrogen-bond acceptors (Lipinski definition) is 5. The number of carboxylic acids is 1. The summed E-state index contributed by atoms with van der Waals surface area (Å²) < 4.78 is 5.14. The second-order valence-electron chi connectivity index (χ2n) is 5.26. The van der Waals surface area contributed by atoms with Crippen LogP contribution < -0.4 is 4.90 Å². The Bertz CT molecular complexity index is 573. The van der Waals surface area contributed by atoms with E-state index in [0.717, 1.165) is 25.6 Å². The fourth-order valence-corrected chi connectivity index (χ4v) is 2.75. The van der Waals surface area contributed by atoms with Crippen LogP contribution in [0.25, 0.3) is 0 Å². The molecule has 21 heavy (non-hydrogen) atoms. The summed E-state index contributed by atoms with van der Waals surface area (Å²) in [6.45, 7) is 3.75. The lowest BCUT2D eigenvalue weighted by Gasteiger charge is -2.21. The Kier molecular flexibility index (Phi) is 4.42. The van der Waals surface area contributed by atoms with Gasteiger partial charge in [-0.15, -0.1) is 0 Å². The van der Waals surface area contributed by atoms with E-state index in [2.05, 4.69) is 0 Å². The minimum atomic E-state index is -1.16. The Hall–Kier alpha value is -2.15. The topological polar surface area (TPSA) is 92.9 Å². The van der Waals surface area contributed by atoms with Gasteiger partial charge in [0.1, 0.15) is 0 Å². The van der Waals surface area contributed by atoms with Crippen molar-refractivity contribution in [3.63, 3.8) is 0 Å². The molecule has 1 aliphatic rings. The Morgan fingerprint density at radius 1 is 1.57 bits per heavy atom. The van der Waals surface area contributed by atoms with Gasteiger partial charge in [0.2, 0.25) is 0 Å². The van der Waals surface area contributed by atoms with Crippen molar-refractivity contribution in [2.24, 2.45) is 5.92 Å². The van der Waals surface area contributed by atoms with E-state index in [1.165, 1.54) is 6.07 Å². The lowest BCUT2D eigenvalue weighted by molar-refractivity contribution is -0.385. The molecule has 0 aromatic heterocycles. The monoisotopic (exact) mass is 294 g/mol. The molecular weight excluding hydrogens is 276 g/mol. The van der Waals surface area contributed by atoms with Gasteiger partial charge in [0, 0.05) is 37.9 Å². The van der Waals surface area contributed by atoms with Crippen LogP contribution in [0, 0.1) is 23.0 Å². The molecule has 1 aliphatic heterocycles. The molecular formula is C14H18N2O5. The summed E-state index contributed by atoms with van der Waals surface area (Å²) >= 11 is 0. The second kappa shape index (κ2) is 6.09. The van der Waals surface area contributed by atoms with Gasteiger partial charge in [-0.3, -0.25) is 10.1 Å². The largest absolute Gasteiger partial charge is 0.478 e. The van der Waals surface area contributed by atoms with Crippen LogP contribution in [0.15, 0.2) is 12.1 Å². The maximum Gasteiger partial charge on any atom is 0.336 e. The first-order valence-corrected chi connectivity index (χ1v) is 6.70. The average Bonchev–Trinajstić information content (AvgIpc) is 2.87. The Morgan fingerprint density at radius 3 is 2.86 bits per heavy atom. The third-order valence-corrected chi connectivity index (χ3v) is 3.83. The summed E-state index contributed by atoms with van der Waals surface area (Å²) in [7, 11) is 1.64. The number of methoxy groups -OCH3 is 1. The number of hydrogen-bond donors (Lipinski definition) is 1. The van der Waals surface area contributed by atoms with Gasteiger partial charge in [0.25, 0.3) is 5.69 Å². The molecule has 0 spiro atoms. The Balaban J connectivity index is 2.38. The molecule has 1 saturated heterocycles. The molecule has 1 N–H and O–H groups in total. The number of nitro groups is 1. The van der Waals surface area contributed by atoms with Gasteiger partial charge in [0.15, 0.2) is 0 Å². The van der Waals surface area contributed by atoms with E-state index in [0.29, 0.717) is 23.8 Å². The van der Waals surface area contributed by atoms with E-state index in [1.54, 1.807) is 14.0 Å². The lowest BCUT2D eigenvalue weighted by atomic mass is 10.1. The average molecular weight is 294 g/mol. The molecule has 1 aromatic rings. The molecule has 0 saturated carbocycles. The second-order valence-corrected chi connectivity index (χ2v) is 5.26. The zero-order valence-corrected chi connectivity index (χ0v) is 12.0. The number of nitro benzene ring substituents is 1. The highest BCUT2D eigenvalue weighted by molar-refractivity contribution is 5.90. The summed E-state index contributed by atoms with van der Waals surface area (Å²) in [5, 5.41) is 20.2. The van der Waals surface area contributed by atoms with Crippen LogP contribution in [-0.4, -0.2) is 42.8 Å². The van der Waals surface area contributed by atoms with Crippen LogP contribution in [0.1, 0.15) is 22.3 Å². The van der Waals surface area contributed by atoms with Gasteiger partial charge in [-0.05, 0) is 19.4 Å². The van der Waals surface area contributed by atoms with Crippen molar-refractivity contribution in [1.29, 1.82) is 0 Å². The van der Waals surface area contributed by atoms with E-state index >= 15 is 0 Å². The van der Waals surface area contributed by atoms with Crippen molar-refractivity contribution < 1.29 is 19.6 Å². The number of carbonyl (C=O) groups is 1. The third kappa shape index (κ3) is 3.13. The first-order chi connectivity index (χ1) is 9.93. The Labute approximate surface area is 122 Å². The number of carboxylic acid groups (broad SMARTS) is 1. The van der Waals surface area contributed by atoms with Gasteiger partial charge in [-0.25, -0.2) is 4.79 Å². The van der Waals surface area contributed by atoms with Crippen molar-refractivity contribution >= 4 is 17.3 Å². The molecule has 0 amide bonds. The maximum atomic E-state index is 11.2. The minimum absolute atomic E-state index is 0.0579. The van der Waals surface area contributed by atoms with Crippen molar-refractivity contribution in [2.45, 2.75) is 13.3 Å². The minimum Gasteiger partial charge on any atom is -0.478 e. The van der Waals surface area contributed by atoms with Gasteiger partial charge in [0.05, 0.1) is 22.7 Å². The standard InChI is InChI=1S/C14H18N2O5/c1-9-12(15-4-3-10(7-15)8-21-2)5-11(14(17)18)6-13(9)16(19)20/h5-6,10H,3-4,7-8H2,1-2H3,(H,17,18). The number of benzene rings is 1. The van der Waals surface area contributed by atoms with Crippen LogP contribution in [0.2, 0.25) is 0 Å². The van der Waals surface area contributed by atoms with Gasteiger partial charge >= 0.3 is 5.97 Å². The fraction of sp³-hybridized carbons (Fsp3) is 0.500. The molecule has 0 aliphatic carbocycles. The van der Waals surface area contributed by atoms with Gasteiger partial charge in [-0.1, -0.05) is 0 Å². The van der Waals surface area contributed by atoms with Gasteiger partial charge in [-0.2, -0.15) is 0 Å². The van der Waals surface area contributed by atoms with Crippen molar-refractivity contribution in [2.75, 3.05) is 31.7 Å². The summed E-state index contributed by atoms with van der Waals surface area (Å²) in [6.07, 6.45) is 0.929. The highest BCUT2D eigenvalue weighted by Crippen LogP contribution is 2.33. The molecule has 2 rings (SSSR count). The van der Waals surface area contributed by atoms with Crippen LogP contribution in [-0.2, 0) is 4.74 Å². The van der Waals surface area contributed by atoms with Crippen LogP contribution in [0.5, 0.6) is 0 Å². The Morgan fingerprint density at radius 2 is 2.29 bits per heavy atom. The SMILES string of the molecule is COCC1CCN(c2cc(C(=O)O)cc([N+](=O)[O-])c2C)C1. The quantitative estimate of drug-likeness (QED) is 0.660. The number of rotatable bonds is 5. The maximum absolute atomic E-state index is 11.2. The van der Waals surface area contributed by atoms with Crippen LogP contribution >= 0.6 is 0 Å². The normalized spacial score (nSPS) is 18.0. The fourth-order valence-electron chi connectivity index (χ4n) is 2.75. The lowest BCUT2D eigenvalue weighted by Crippen LogP contribution is -2.22. The number of nitrogens with zero attached hydrogens (tertiary/aromatic N) is 2. The van der Waals surface area contributed by atoms with E-state index in [1.807, 2.05) is 4.90 Å². The summed E-state index contributed by atoms with van der Waals surface area (Å²) in [4.78, 5) is 23.7. The van der Waals surface area contributed by atoms with E-state index in [-0.39, 0.29) is 11.3 Å². The predicted octanol–water partition coefficient (Wildman–Crippen LogP) is 2.07.